The van der Waals surface area contributed by atoms with Crippen molar-refractivity contribution in [3.8, 4) is 23.0 Å². The predicted molar refractivity (Wildman–Crippen MR) is 84.0 cm³/mol. The fraction of sp³-hybridized carbons (Fsp3) is 0.0588. The van der Waals surface area contributed by atoms with Gasteiger partial charge in [-0.25, -0.2) is 0 Å². The van der Waals surface area contributed by atoms with Gasteiger partial charge in [0.05, 0.1) is 11.4 Å². The Morgan fingerprint density at radius 1 is 0.783 bits per heavy atom. The van der Waals surface area contributed by atoms with Gasteiger partial charge in [0, 0.05) is 16.8 Å². The van der Waals surface area contributed by atoms with E-state index in [4.69, 9.17) is 9.47 Å². The van der Waals surface area contributed by atoms with Crippen LogP contribution in [0, 0.1) is 0 Å². The lowest BCUT2D eigenvalue weighted by Gasteiger charge is -2.04. The number of hydrogen-bond acceptors (Lipinski definition) is 6. The summed E-state index contributed by atoms with van der Waals surface area (Å²) in [6, 6.07) is 13.2. The summed E-state index contributed by atoms with van der Waals surface area (Å²) in [6.07, 6.45) is 0. The average Bonchev–Trinajstić information content (AvgIpc) is 3.02. The molecule has 0 bridgehead atoms. The molecule has 0 unspecified atom stereocenters. The van der Waals surface area contributed by atoms with Gasteiger partial charge in [-0.05, 0) is 42.5 Å². The number of aromatic hydroxyl groups is 2. The van der Waals surface area contributed by atoms with Crippen LogP contribution in [0.5, 0.6) is 23.0 Å². The molecule has 23 heavy (non-hydrogen) atoms. The maximum absolute atomic E-state index is 9.90. The normalized spacial score (nSPS) is 13.0. The van der Waals surface area contributed by atoms with E-state index in [1.54, 1.807) is 36.4 Å². The van der Waals surface area contributed by atoms with E-state index in [2.05, 4.69) is 10.2 Å². The molecule has 0 atom stereocenters. The monoisotopic (exact) mass is 308 g/mol. The highest BCUT2D eigenvalue weighted by Crippen LogP contribution is 2.37. The molecule has 114 valence electrons. The van der Waals surface area contributed by atoms with Crippen molar-refractivity contribution in [1.82, 2.24) is 0 Å². The smallest absolute Gasteiger partial charge is 0.231 e. The summed E-state index contributed by atoms with van der Waals surface area (Å²) in [7, 11) is 0. The number of rotatable bonds is 2. The predicted octanol–water partition coefficient (Wildman–Crippen LogP) is 4.40. The molecule has 1 aliphatic heterocycles. The number of benzene rings is 3. The quantitative estimate of drug-likeness (QED) is 0.687. The molecule has 0 amide bonds. The Kier molecular flexibility index (Phi) is 3.01. The summed E-state index contributed by atoms with van der Waals surface area (Å²) in [5.41, 5.74) is 1.23. The molecule has 0 spiro atoms. The maximum atomic E-state index is 9.90. The Labute approximate surface area is 131 Å². The van der Waals surface area contributed by atoms with Crippen LogP contribution in [0.4, 0.5) is 11.4 Å². The minimum absolute atomic E-state index is 0.0812. The van der Waals surface area contributed by atoms with E-state index in [0.29, 0.717) is 33.6 Å². The molecule has 1 heterocycles. The fourth-order valence-corrected chi connectivity index (χ4v) is 2.45. The van der Waals surface area contributed by atoms with E-state index >= 15 is 0 Å². The van der Waals surface area contributed by atoms with Crippen LogP contribution in [0.2, 0.25) is 0 Å². The average molecular weight is 308 g/mol. The van der Waals surface area contributed by atoms with Crippen molar-refractivity contribution >= 4 is 22.1 Å². The summed E-state index contributed by atoms with van der Waals surface area (Å²) in [4.78, 5) is 0. The highest BCUT2D eigenvalue weighted by molar-refractivity contribution is 5.97. The molecule has 0 radical (unpaired) electrons. The molecule has 3 aromatic carbocycles. The third-order valence-corrected chi connectivity index (χ3v) is 3.58. The van der Waals surface area contributed by atoms with Crippen molar-refractivity contribution in [3.05, 3.63) is 48.5 Å². The van der Waals surface area contributed by atoms with Crippen LogP contribution in [-0.4, -0.2) is 17.0 Å². The van der Waals surface area contributed by atoms with Crippen molar-refractivity contribution < 1.29 is 19.7 Å². The molecular formula is C17H12N2O4. The molecule has 0 aliphatic carbocycles. The van der Waals surface area contributed by atoms with Crippen molar-refractivity contribution in [1.29, 1.82) is 0 Å². The van der Waals surface area contributed by atoms with Crippen LogP contribution in [0.3, 0.4) is 0 Å². The van der Waals surface area contributed by atoms with E-state index < -0.39 is 0 Å². The zero-order chi connectivity index (χ0) is 15.8. The Morgan fingerprint density at radius 2 is 1.65 bits per heavy atom. The first-order valence-electron chi connectivity index (χ1n) is 6.97. The second-order valence-corrected chi connectivity index (χ2v) is 5.07. The van der Waals surface area contributed by atoms with Crippen LogP contribution < -0.4 is 9.47 Å². The number of fused-ring (bicyclic) bond motifs is 2. The van der Waals surface area contributed by atoms with E-state index in [1.807, 2.05) is 0 Å². The fourth-order valence-electron chi connectivity index (χ4n) is 2.45. The molecular weight excluding hydrogens is 296 g/mol. The number of hydrogen-bond donors (Lipinski definition) is 2. The van der Waals surface area contributed by atoms with Gasteiger partial charge in [-0.3, -0.25) is 0 Å². The minimum Gasteiger partial charge on any atom is -0.508 e. The first-order valence-corrected chi connectivity index (χ1v) is 6.97. The second kappa shape index (κ2) is 5.17. The summed E-state index contributed by atoms with van der Waals surface area (Å²) >= 11 is 0. The standard InChI is InChI=1S/C17H12N2O4/c20-11-2-3-12-13(8-11)15(21)5-4-14(12)19-18-10-1-6-16-17(7-10)23-9-22-16/h1-8,20-21H,9H2. The summed E-state index contributed by atoms with van der Waals surface area (Å²) in [5, 5.41) is 29.1. The summed E-state index contributed by atoms with van der Waals surface area (Å²) < 4.78 is 10.6. The van der Waals surface area contributed by atoms with Crippen molar-refractivity contribution in [3.63, 3.8) is 0 Å². The third kappa shape index (κ3) is 2.40. The number of azo groups is 1. The topological polar surface area (TPSA) is 83.6 Å². The van der Waals surface area contributed by atoms with Crippen molar-refractivity contribution in [2.24, 2.45) is 10.2 Å². The molecule has 1 aliphatic rings. The Balaban J connectivity index is 1.74. The van der Waals surface area contributed by atoms with Crippen LogP contribution in [0.25, 0.3) is 10.8 Å². The van der Waals surface area contributed by atoms with Gasteiger partial charge in [-0.1, -0.05) is 0 Å². The Morgan fingerprint density at radius 3 is 2.57 bits per heavy atom. The second-order valence-electron chi connectivity index (χ2n) is 5.07. The zero-order valence-electron chi connectivity index (χ0n) is 11.9. The molecule has 3 aromatic rings. The van der Waals surface area contributed by atoms with Gasteiger partial charge in [-0.2, -0.15) is 5.11 Å². The van der Waals surface area contributed by atoms with Gasteiger partial charge in [0.25, 0.3) is 0 Å². The highest BCUT2D eigenvalue weighted by Gasteiger charge is 2.13. The zero-order valence-corrected chi connectivity index (χ0v) is 11.9. The lowest BCUT2D eigenvalue weighted by atomic mass is 10.1. The molecule has 0 saturated heterocycles. The highest BCUT2D eigenvalue weighted by atomic mass is 16.7. The Hall–Kier alpha value is -3.28. The molecule has 6 nitrogen and oxygen atoms in total. The van der Waals surface area contributed by atoms with Gasteiger partial charge in [0.1, 0.15) is 11.5 Å². The molecule has 0 aromatic heterocycles. The van der Waals surface area contributed by atoms with Gasteiger partial charge >= 0.3 is 0 Å². The summed E-state index contributed by atoms with van der Waals surface area (Å²) in [6.45, 7) is 0.210. The largest absolute Gasteiger partial charge is 0.508 e. The maximum Gasteiger partial charge on any atom is 0.231 e. The van der Waals surface area contributed by atoms with Gasteiger partial charge in [-0.15, -0.1) is 5.11 Å². The molecule has 4 rings (SSSR count). The third-order valence-electron chi connectivity index (χ3n) is 3.58. The lowest BCUT2D eigenvalue weighted by molar-refractivity contribution is 0.174. The van der Waals surface area contributed by atoms with Crippen LogP contribution in [0.1, 0.15) is 0 Å². The van der Waals surface area contributed by atoms with Gasteiger partial charge in [0.2, 0.25) is 6.79 Å². The van der Waals surface area contributed by atoms with E-state index in [9.17, 15) is 10.2 Å². The van der Waals surface area contributed by atoms with E-state index in [1.165, 1.54) is 12.1 Å². The Bertz CT molecular complexity index is 937. The summed E-state index contributed by atoms with van der Waals surface area (Å²) in [5.74, 6) is 1.49. The number of ether oxygens (including phenoxy) is 2. The van der Waals surface area contributed by atoms with Crippen LogP contribution in [0.15, 0.2) is 58.8 Å². The number of phenolic OH excluding ortho intramolecular Hbond substituents is 2. The number of nitrogens with zero attached hydrogens (tertiary/aromatic N) is 2. The molecule has 2 N–H and O–H groups in total. The van der Waals surface area contributed by atoms with Gasteiger partial charge in [0.15, 0.2) is 11.5 Å². The molecule has 0 saturated carbocycles. The van der Waals surface area contributed by atoms with Crippen LogP contribution >= 0.6 is 0 Å². The van der Waals surface area contributed by atoms with Crippen molar-refractivity contribution in [2.45, 2.75) is 0 Å². The van der Waals surface area contributed by atoms with E-state index in [-0.39, 0.29) is 18.3 Å². The molecule has 6 heteroatoms. The number of phenols is 2. The molecule has 0 fully saturated rings. The minimum atomic E-state index is 0.0812. The van der Waals surface area contributed by atoms with Gasteiger partial charge < -0.3 is 19.7 Å². The van der Waals surface area contributed by atoms with E-state index in [0.717, 1.165) is 0 Å². The first kappa shape index (κ1) is 13.4. The lowest BCUT2D eigenvalue weighted by Crippen LogP contribution is -1.92. The van der Waals surface area contributed by atoms with Crippen molar-refractivity contribution in [2.75, 3.05) is 6.79 Å². The first-order chi connectivity index (χ1) is 11.2. The van der Waals surface area contributed by atoms with Crippen LogP contribution in [-0.2, 0) is 0 Å². The SMILES string of the molecule is Oc1ccc2c(N=Nc3ccc4c(c3)OCO4)ccc(O)c2c1.